The number of aliphatic hydroxyl groups is 2. The van der Waals surface area contributed by atoms with Crippen LogP contribution in [0.5, 0.6) is 0 Å². The lowest BCUT2D eigenvalue weighted by molar-refractivity contribution is -0.141. The maximum Gasteiger partial charge on any atom is 0.415 e. The Hall–Kier alpha value is -3.05. The van der Waals surface area contributed by atoms with E-state index in [-0.39, 0.29) is 37.3 Å². The van der Waals surface area contributed by atoms with Gasteiger partial charge in [-0.3, -0.25) is 14.5 Å². The molecule has 0 saturated carbocycles. The number of amides is 3. The third kappa shape index (κ3) is 4.05. The first-order valence-electron chi connectivity index (χ1n) is 8.76. The highest BCUT2D eigenvalue weighted by molar-refractivity contribution is 5.95. The van der Waals surface area contributed by atoms with Crippen molar-refractivity contribution in [3.05, 3.63) is 35.4 Å². The molecule has 0 aromatic heterocycles. The van der Waals surface area contributed by atoms with Crippen molar-refractivity contribution in [1.29, 1.82) is 0 Å². The molecule has 29 heavy (non-hydrogen) atoms. The van der Waals surface area contributed by atoms with Gasteiger partial charge in [0.2, 0.25) is 0 Å². The Kier molecular flexibility index (Phi) is 5.80. The first-order chi connectivity index (χ1) is 13.7. The van der Waals surface area contributed by atoms with Crippen molar-refractivity contribution < 1.29 is 38.1 Å². The number of aliphatic hydroxyl groups excluding tert-OH is 2. The Labute approximate surface area is 163 Å². The van der Waals surface area contributed by atoms with E-state index in [1.165, 1.54) is 11.0 Å². The minimum atomic E-state index is -1.54. The van der Waals surface area contributed by atoms with Crippen LogP contribution in [0.4, 0.5) is 19.3 Å². The largest absolute Gasteiger partial charge is 0.434 e. The maximum absolute atomic E-state index is 14.7. The minimum Gasteiger partial charge on any atom is -0.434 e. The summed E-state index contributed by atoms with van der Waals surface area (Å²) in [5.41, 5.74) is 5.01. The molecular formula is C18H19F2N3O6. The van der Waals surface area contributed by atoms with E-state index in [0.717, 1.165) is 17.0 Å². The number of cyclic esters (lactones) is 1. The summed E-state index contributed by atoms with van der Waals surface area (Å²) in [6.45, 7) is -0.836. The second kappa shape index (κ2) is 8.13. The molecule has 156 valence electrons. The average Bonchev–Trinajstić information content (AvgIpc) is 3.09. The molecule has 9 nitrogen and oxygen atoms in total. The van der Waals surface area contributed by atoms with Crippen molar-refractivity contribution in [1.82, 2.24) is 4.90 Å². The van der Waals surface area contributed by atoms with Crippen LogP contribution in [0.2, 0.25) is 0 Å². The maximum atomic E-state index is 14.7. The zero-order valence-corrected chi connectivity index (χ0v) is 15.2. The number of hydrogen-bond donors (Lipinski definition) is 3. The summed E-state index contributed by atoms with van der Waals surface area (Å²) in [4.78, 5) is 37.0. The summed E-state index contributed by atoms with van der Waals surface area (Å²) in [6.07, 6.45) is -2.09. The topological polar surface area (TPSA) is 133 Å². The fourth-order valence-corrected chi connectivity index (χ4v) is 3.23. The lowest BCUT2D eigenvalue weighted by Crippen LogP contribution is -2.42. The second-order valence-corrected chi connectivity index (χ2v) is 6.63. The quantitative estimate of drug-likeness (QED) is 0.612. The molecule has 1 unspecified atom stereocenters. The molecule has 0 spiro atoms. The van der Waals surface area contributed by atoms with E-state index in [9.17, 15) is 28.3 Å². The summed E-state index contributed by atoms with van der Waals surface area (Å²) in [5, 5.41) is 18.3. The molecule has 2 atom stereocenters. The Bertz CT molecular complexity index is 867. The molecule has 0 aliphatic carbocycles. The van der Waals surface area contributed by atoms with E-state index < -0.39 is 48.4 Å². The lowest BCUT2D eigenvalue weighted by atomic mass is 9.97. The molecule has 4 N–H and O–H groups in total. The first-order valence-corrected chi connectivity index (χ1v) is 8.76. The Balaban J connectivity index is 1.81. The number of ether oxygens (including phenoxy) is 1. The predicted octanol–water partition coefficient (Wildman–Crippen LogP) is -0.256. The number of primary amides is 1. The summed E-state index contributed by atoms with van der Waals surface area (Å²) in [6, 6.07) is 1.91. The van der Waals surface area contributed by atoms with Gasteiger partial charge in [0.25, 0.3) is 11.8 Å². The molecule has 11 heteroatoms. The summed E-state index contributed by atoms with van der Waals surface area (Å²) in [5.74, 6) is -3.37. The van der Waals surface area contributed by atoms with Crippen molar-refractivity contribution in [2.24, 2.45) is 5.73 Å². The number of carbonyl (C=O) groups is 3. The standard InChI is InChI=1S/C18H19F2N3O6/c19-11-5-10(23-7-14(16(21)26)29-18(23)28)6-12(20)15(11)9-1-3-22(4-2-9)17(27)13(25)8-24/h1,5-6,13-14,24-25H,2-4,7-8H2,(H2,21,26)/t13-,14?/m0/s1. The van der Waals surface area contributed by atoms with Gasteiger partial charge in [-0.15, -0.1) is 0 Å². The Morgan fingerprint density at radius 1 is 1.31 bits per heavy atom. The van der Waals surface area contributed by atoms with Crippen LogP contribution in [0, 0.1) is 11.6 Å². The van der Waals surface area contributed by atoms with E-state index in [2.05, 4.69) is 0 Å². The fourth-order valence-electron chi connectivity index (χ4n) is 3.23. The van der Waals surface area contributed by atoms with Gasteiger partial charge in [0, 0.05) is 18.7 Å². The molecular weight excluding hydrogens is 392 g/mol. The Morgan fingerprint density at radius 2 is 1.97 bits per heavy atom. The molecule has 2 aliphatic heterocycles. The van der Waals surface area contributed by atoms with Gasteiger partial charge in [-0.05, 0) is 24.1 Å². The number of carbonyl (C=O) groups excluding carboxylic acids is 3. The Morgan fingerprint density at radius 3 is 2.45 bits per heavy atom. The molecule has 0 radical (unpaired) electrons. The molecule has 1 aromatic rings. The third-order valence-corrected chi connectivity index (χ3v) is 4.77. The van der Waals surface area contributed by atoms with Crippen molar-refractivity contribution in [3.63, 3.8) is 0 Å². The van der Waals surface area contributed by atoms with Gasteiger partial charge in [0.05, 0.1) is 18.8 Å². The van der Waals surface area contributed by atoms with Crippen LogP contribution < -0.4 is 10.6 Å². The van der Waals surface area contributed by atoms with Crippen LogP contribution in [0.3, 0.4) is 0 Å². The van der Waals surface area contributed by atoms with Crippen LogP contribution in [-0.2, 0) is 14.3 Å². The predicted molar refractivity (Wildman–Crippen MR) is 95.4 cm³/mol. The molecule has 0 bridgehead atoms. The number of rotatable bonds is 5. The summed E-state index contributed by atoms with van der Waals surface area (Å²) in [7, 11) is 0. The van der Waals surface area contributed by atoms with Gasteiger partial charge in [0.1, 0.15) is 11.6 Å². The number of nitrogens with two attached hydrogens (primary N) is 1. The summed E-state index contributed by atoms with van der Waals surface area (Å²) >= 11 is 0. The molecule has 3 amide bonds. The molecule has 1 aromatic carbocycles. The van der Waals surface area contributed by atoms with Gasteiger partial charge in [0.15, 0.2) is 12.2 Å². The minimum absolute atomic E-state index is 0.0185. The zero-order chi connectivity index (χ0) is 21.3. The van der Waals surface area contributed by atoms with Crippen molar-refractivity contribution in [2.75, 3.05) is 31.1 Å². The number of hydrogen-bond acceptors (Lipinski definition) is 6. The highest BCUT2D eigenvalue weighted by Gasteiger charge is 2.36. The second-order valence-electron chi connectivity index (χ2n) is 6.63. The van der Waals surface area contributed by atoms with Crippen LogP contribution in [-0.4, -0.2) is 71.5 Å². The first kappa shape index (κ1) is 20.7. The van der Waals surface area contributed by atoms with Crippen LogP contribution in [0.1, 0.15) is 12.0 Å². The molecule has 3 rings (SSSR count). The highest BCUT2D eigenvalue weighted by atomic mass is 19.1. The number of benzene rings is 1. The molecule has 1 saturated heterocycles. The van der Waals surface area contributed by atoms with E-state index in [1.807, 2.05) is 0 Å². The van der Waals surface area contributed by atoms with Crippen molar-refractivity contribution in [3.8, 4) is 0 Å². The molecule has 1 fully saturated rings. The van der Waals surface area contributed by atoms with Crippen LogP contribution >= 0.6 is 0 Å². The van der Waals surface area contributed by atoms with E-state index in [4.69, 9.17) is 15.6 Å². The average molecular weight is 411 g/mol. The van der Waals surface area contributed by atoms with E-state index in [0.29, 0.717) is 5.57 Å². The van der Waals surface area contributed by atoms with Gasteiger partial charge in [-0.2, -0.15) is 0 Å². The SMILES string of the molecule is NC(=O)C1CN(c2cc(F)c(C3=CCN(C(=O)[C@@H](O)CO)CC3)c(F)c2)C(=O)O1. The zero-order valence-electron chi connectivity index (χ0n) is 15.2. The monoisotopic (exact) mass is 411 g/mol. The number of anilines is 1. The van der Waals surface area contributed by atoms with E-state index in [1.54, 1.807) is 0 Å². The van der Waals surface area contributed by atoms with Gasteiger partial charge in [-0.1, -0.05) is 6.08 Å². The third-order valence-electron chi connectivity index (χ3n) is 4.77. The molecule has 2 aliphatic rings. The highest BCUT2D eigenvalue weighted by Crippen LogP contribution is 2.32. The van der Waals surface area contributed by atoms with Crippen molar-refractivity contribution in [2.45, 2.75) is 18.6 Å². The van der Waals surface area contributed by atoms with Crippen LogP contribution in [0.15, 0.2) is 18.2 Å². The number of halogens is 2. The van der Waals surface area contributed by atoms with Crippen LogP contribution in [0.25, 0.3) is 5.57 Å². The van der Waals surface area contributed by atoms with Gasteiger partial charge < -0.3 is 25.6 Å². The summed E-state index contributed by atoms with van der Waals surface area (Å²) < 4.78 is 34.1. The fraction of sp³-hybridized carbons (Fsp3) is 0.389. The van der Waals surface area contributed by atoms with Gasteiger partial charge >= 0.3 is 6.09 Å². The normalized spacial score (nSPS) is 20.3. The lowest BCUT2D eigenvalue weighted by Gasteiger charge is -2.28. The van der Waals surface area contributed by atoms with E-state index >= 15 is 0 Å². The van der Waals surface area contributed by atoms with Crippen molar-refractivity contribution >= 4 is 29.2 Å². The smallest absolute Gasteiger partial charge is 0.415 e. The number of nitrogens with zero attached hydrogens (tertiary/aromatic N) is 2. The molecule has 2 heterocycles. The van der Waals surface area contributed by atoms with Gasteiger partial charge in [-0.25, -0.2) is 13.6 Å².